The maximum atomic E-state index is 9.79. The second-order valence-electron chi connectivity index (χ2n) is 4.31. The molecule has 0 amide bonds. The van der Waals surface area contributed by atoms with Crippen LogP contribution in [0.5, 0.6) is 0 Å². The number of methoxy groups -OCH3 is 1. The molecule has 0 saturated carbocycles. The van der Waals surface area contributed by atoms with Gasteiger partial charge >= 0.3 is 0 Å². The topological polar surface area (TPSA) is 41.9 Å². The van der Waals surface area contributed by atoms with E-state index in [4.69, 9.17) is 9.47 Å². The fraction of sp³-hybridized carbons (Fsp3) is 1.00. The van der Waals surface area contributed by atoms with Crippen molar-refractivity contribution in [3.05, 3.63) is 0 Å². The molecule has 0 aliphatic rings. The van der Waals surface area contributed by atoms with E-state index in [1.807, 2.05) is 0 Å². The predicted octanol–water partition coefficient (Wildman–Crippen LogP) is 1.13. The van der Waals surface area contributed by atoms with Gasteiger partial charge in [0.25, 0.3) is 0 Å². The zero-order valence-corrected chi connectivity index (χ0v) is 11.1. The molecule has 1 N–H and O–H groups in total. The molecule has 1 unspecified atom stereocenters. The van der Waals surface area contributed by atoms with Gasteiger partial charge in [0.05, 0.1) is 25.9 Å². The van der Waals surface area contributed by atoms with E-state index in [2.05, 4.69) is 25.7 Å². The van der Waals surface area contributed by atoms with Crippen LogP contribution in [0.25, 0.3) is 0 Å². The Morgan fingerprint density at radius 2 is 1.94 bits per heavy atom. The van der Waals surface area contributed by atoms with Crippen molar-refractivity contribution in [1.29, 1.82) is 0 Å². The van der Waals surface area contributed by atoms with Crippen molar-refractivity contribution in [3.8, 4) is 0 Å². The second-order valence-corrected chi connectivity index (χ2v) is 4.31. The predicted molar refractivity (Wildman–Crippen MR) is 65.7 cm³/mol. The molecule has 4 nitrogen and oxygen atoms in total. The standard InChI is InChI=1S/C12H27NO3/c1-5-6-13(11(2)3)9-12(14)10-16-8-7-15-4/h11-12,14H,5-10H2,1-4H3. The number of nitrogens with zero attached hydrogens (tertiary/aromatic N) is 1. The van der Waals surface area contributed by atoms with Crippen LogP contribution in [-0.4, -0.2) is 62.2 Å². The summed E-state index contributed by atoms with van der Waals surface area (Å²) in [5, 5.41) is 9.79. The van der Waals surface area contributed by atoms with Crippen molar-refractivity contribution >= 4 is 0 Å². The molecular weight excluding hydrogens is 206 g/mol. The highest BCUT2D eigenvalue weighted by Gasteiger charge is 2.13. The van der Waals surface area contributed by atoms with Crippen molar-refractivity contribution in [2.75, 3.05) is 40.0 Å². The fourth-order valence-electron chi connectivity index (χ4n) is 1.53. The van der Waals surface area contributed by atoms with Gasteiger partial charge in [-0.2, -0.15) is 0 Å². The molecular formula is C12H27NO3. The lowest BCUT2D eigenvalue weighted by atomic mass is 10.2. The van der Waals surface area contributed by atoms with Gasteiger partial charge in [0.2, 0.25) is 0 Å². The summed E-state index contributed by atoms with van der Waals surface area (Å²) in [7, 11) is 1.64. The van der Waals surface area contributed by atoms with Gasteiger partial charge in [-0.05, 0) is 26.8 Å². The highest BCUT2D eigenvalue weighted by atomic mass is 16.5. The lowest BCUT2D eigenvalue weighted by molar-refractivity contribution is -0.00442. The molecule has 98 valence electrons. The molecule has 0 heterocycles. The average molecular weight is 233 g/mol. The molecule has 0 aliphatic carbocycles. The molecule has 0 rings (SSSR count). The number of aliphatic hydroxyl groups is 1. The van der Waals surface area contributed by atoms with Crippen LogP contribution in [0.2, 0.25) is 0 Å². The highest BCUT2D eigenvalue weighted by Crippen LogP contribution is 2.02. The summed E-state index contributed by atoms with van der Waals surface area (Å²) in [6.07, 6.45) is 0.695. The van der Waals surface area contributed by atoms with Crippen molar-refractivity contribution < 1.29 is 14.6 Å². The van der Waals surface area contributed by atoms with E-state index in [0.29, 0.717) is 32.4 Å². The third-order valence-corrected chi connectivity index (χ3v) is 2.43. The van der Waals surface area contributed by atoms with Crippen LogP contribution in [0, 0.1) is 0 Å². The van der Waals surface area contributed by atoms with Gasteiger partial charge in [0, 0.05) is 19.7 Å². The molecule has 16 heavy (non-hydrogen) atoms. The summed E-state index contributed by atoms with van der Waals surface area (Å²) < 4.78 is 10.2. The Balaban J connectivity index is 3.68. The smallest absolute Gasteiger partial charge is 0.0900 e. The summed E-state index contributed by atoms with van der Waals surface area (Å²) >= 11 is 0. The number of hydrogen-bond donors (Lipinski definition) is 1. The molecule has 0 saturated heterocycles. The van der Waals surface area contributed by atoms with E-state index in [1.165, 1.54) is 0 Å². The van der Waals surface area contributed by atoms with Gasteiger partial charge in [-0.3, -0.25) is 4.90 Å². The van der Waals surface area contributed by atoms with E-state index in [0.717, 1.165) is 13.0 Å². The summed E-state index contributed by atoms with van der Waals surface area (Å²) in [4.78, 5) is 2.27. The van der Waals surface area contributed by atoms with E-state index in [1.54, 1.807) is 7.11 Å². The number of aliphatic hydroxyl groups excluding tert-OH is 1. The van der Waals surface area contributed by atoms with Crippen LogP contribution in [0.15, 0.2) is 0 Å². The summed E-state index contributed by atoms with van der Waals surface area (Å²) in [6, 6.07) is 0.466. The number of ether oxygens (including phenoxy) is 2. The molecule has 1 atom stereocenters. The lowest BCUT2D eigenvalue weighted by Gasteiger charge is -2.28. The summed E-state index contributed by atoms with van der Waals surface area (Å²) in [5.41, 5.74) is 0. The minimum Gasteiger partial charge on any atom is -0.389 e. The quantitative estimate of drug-likeness (QED) is 0.574. The third-order valence-electron chi connectivity index (χ3n) is 2.43. The number of hydrogen-bond acceptors (Lipinski definition) is 4. The van der Waals surface area contributed by atoms with Gasteiger partial charge < -0.3 is 14.6 Å². The Hall–Kier alpha value is -0.160. The van der Waals surface area contributed by atoms with Gasteiger partial charge in [0.15, 0.2) is 0 Å². The van der Waals surface area contributed by atoms with E-state index >= 15 is 0 Å². The van der Waals surface area contributed by atoms with E-state index in [9.17, 15) is 5.11 Å². The van der Waals surface area contributed by atoms with Crippen LogP contribution in [-0.2, 0) is 9.47 Å². The van der Waals surface area contributed by atoms with Crippen LogP contribution >= 0.6 is 0 Å². The van der Waals surface area contributed by atoms with Crippen molar-refractivity contribution in [2.24, 2.45) is 0 Å². The first-order valence-corrected chi connectivity index (χ1v) is 6.10. The lowest BCUT2D eigenvalue weighted by Crippen LogP contribution is -2.39. The Morgan fingerprint density at radius 3 is 2.44 bits per heavy atom. The first-order chi connectivity index (χ1) is 7.61. The maximum Gasteiger partial charge on any atom is 0.0900 e. The number of rotatable bonds is 10. The first kappa shape index (κ1) is 15.8. The summed E-state index contributed by atoms with van der Waals surface area (Å²) in [5.74, 6) is 0. The minimum atomic E-state index is -0.411. The second kappa shape index (κ2) is 10.0. The van der Waals surface area contributed by atoms with Crippen LogP contribution < -0.4 is 0 Å². The van der Waals surface area contributed by atoms with Gasteiger partial charge in [-0.15, -0.1) is 0 Å². The minimum absolute atomic E-state index is 0.385. The first-order valence-electron chi connectivity index (χ1n) is 6.10. The van der Waals surface area contributed by atoms with Crippen molar-refractivity contribution in [1.82, 2.24) is 4.90 Å². The van der Waals surface area contributed by atoms with E-state index < -0.39 is 6.10 Å². The molecule has 0 aliphatic heterocycles. The zero-order chi connectivity index (χ0) is 12.4. The fourth-order valence-corrected chi connectivity index (χ4v) is 1.53. The van der Waals surface area contributed by atoms with Gasteiger partial charge in [0.1, 0.15) is 0 Å². The molecule has 0 aromatic carbocycles. The molecule has 0 aromatic rings. The summed E-state index contributed by atoms with van der Waals surface area (Å²) in [6.45, 7) is 9.65. The third kappa shape index (κ3) is 8.05. The Labute approximate surface area is 99.5 Å². The monoisotopic (exact) mass is 233 g/mol. The highest BCUT2D eigenvalue weighted by molar-refractivity contribution is 4.67. The average Bonchev–Trinajstić information content (AvgIpc) is 2.23. The Morgan fingerprint density at radius 1 is 1.25 bits per heavy atom. The van der Waals surface area contributed by atoms with Crippen LogP contribution in [0.3, 0.4) is 0 Å². The zero-order valence-electron chi connectivity index (χ0n) is 11.1. The van der Waals surface area contributed by atoms with Crippen LogP contribution in [0.1, 0.15) is 27.2 Å². The molecule has 0 radical (unpaired) electrons. The normalized spacial score (nSPS) is 13.7. The maximum absolute atomic E-state index is 9.79. The van der Waals surface area contributed by atoms with Crippen LogP contribution in [0.4, 0.5) is 0 Å². The van der Waals surface area contributed by atoms with Gasteiger partial charge in [-0.25, -0.2) is 0 Å². The molecule has 4 heteroatoms. The molecule has 0 fully saturated rings. The van der Waals surface area contributed by atoms with Crippen molar-refractivity contribution in [2.45, 2.75) is 39.3 Å². The SMILES string of the molecule is CCCN(CC(O)COCCOC)C(C)C. The largest absolute Gasteiger partial charge is 0.389 e. The molecule has 0 bridgehead atoms. The van der Waals surface area contributed by atoms with Gasteiger partial charge in [-0.1, -0.05) is 6.92 Å². The Bertz CT molecular complexity index is 153. The Kier molecular flexibility index (Phi) is 9.92. The molecule has 0 aromatic heterocycles. The van der Waals surface area contributed by atoms with Crippen molar-refractivity contribution in [3.63, 3.8) is 0 Å². The van der Waals surface area contributed by atoms with E-state index in [-0.39, 0.29) is 0 Å². The molecule has 0 spiro atoms.